The molecule has 0 amide bonds. The zero-order valence-electron chi connectivity index (χ0n) is 18.5. The van der Waals surface area contributed by atoms with Crippen molar-refractivity contribution in [3.05, 3.63) is 99.9 Å². The van der Waals surface area contributed by atoms with Crippen molar-refractivity contribution in [3.8, 4) is 29.4 Å². The largest absolute Gasteiger partial charge is 0.494 e. The van der Waals surface area contributed by atoms with Gasteiger partial charge in [0.25, 0.3) is 0 Å². The summed E-state index contributed by atoms with van der Waals surface area (Å²) in [5, 5.41) is 0. The Morgan fingerprint density at radius 3 is 1.50 bits per heavy atom. The lowest BCUT2D eigenvalue weighted by atomic mass is 10.1. The fourth-order valence-corrected chi connectivity index (χ4v) is 2.98. The predicted octanol–water partition coefficient (Wildman–Crippen LogP) is 7.14. The highest BCUT2D eigenvalue weighted by Gasteiger charge is 2.24. The average molecular weight is 468 g/mol. The summed E-state index contributed by atoms with van der Waals surface area (Å²) in [4.78, 5) is 0. The van der Waals surface area contributed by atoms with Crippen LogP contribution in [-0.2, 0) is 0 Å². The van der Waals surface area contributed by atoms with Crippen LogP contribution < -0.4 is 4.74 Å². The second kappa shape index (κ2) is 11.9. The molecule has 0 fully saturated rings. The van der Waals surface area contributed by atoms with E-state index in [0.29, 0.717) is 17.7 Å². The molecule has 3 rings (SSSR count). The van der Waals surface area contributed by atoms with E-state index in [1.165, 1.54) is 12.8 Å². The quantitative estimate of drug-likeness (QED) is 0.123. The van der Waals surface area contributed by atoms with E-state index < -0.39 is 34.6 Å². The number of unbranched alkanes of at least 4 members (excludes halogenated alkanes) is 3. The molecule has 1 nitrogen and oxygen atoms in total. The van der Waals surface area contributed by atoms with Crippen LogP contribution >= 0.6 is 0 Å². The molecule has 3 aromatic rings. The van der Waals surface area contributed by atoms with E-state index in [1.807, 2.05) is 30.2 Å². The van der Waals surface area contributed by atoms with E-state index in [-0.39, 0.29) is 0 Å². The number of rotatable bonds is 6. The average Bonchev–Trinajstić information content (AvgIpc) is 2.86. The Morgan fingerprint density at radius 2 is 1.00 bits per heavy atom. The maximum Gasteiger partial charge on any atom is 0.200 e. The van der Waals surface area contributed by atoms with Gasteiger partial charge in [-0.1, -0.05) is 49.9 Å². The van der Waals surface area contributed by atoms with Crippen molar-refractivity contribution in [2.45, 2.75) is 32.6 Å². The van der Waals surface area contributed by atoms with Gasteiger partial charge in [-0.15, -0.1) is 0 Å². The lowest BCUT2D eigenvalue weighted by Gasteiger charge is -2.05. The van der Waals surface area contributed by atoms with Gasteiger partial charge in [-0.2, -0.15) is 0 Å². The van der Waals surface area contributed by atoms with E-state index in [0.717, 1.165) is 24.2 Å². The molecule has 0 radical (unpaired) electrons. The maximum atomic E-state index is 13.7. The first-order chi connectivity index (χ1) is 16.4. The van der Waals surface area contributed by atoms with E-state index in [9.17, 15) is 22.0 Å². The molecule has 0 aliphatic carbocycles. The Kier molecular flexibility index (Phi) is 8.71. The molecule has 0 aliphatic heterocycles. The van der Waals surface area contributed by atoms with Gasteiger partial charge < -0.3 is 4.74 Å². The lowest BCUT2D eigenvalue weighted by Crippen LogP contribution is -2.04. The van der Waals surface area contributed by atoms with Crippen LogP contribution in [0, 0.1) is 52.8 Å². The molecule has 0 saturated carbocycles. The van der Waals surface area contributed by atoms with Crippen LogP contribution in [0.1, 0.15) is 54.9 Å². The number of halogens is 5. The summed E-state index contributed by atoms with van der Waals surface area (Å²) in [5.74, 6) is 1.04. The van der Waals surface area contributed by atoms with Gasteiger partial charge in [0.2, 0.25) is 5.82 Å². The van der Waals surface area contributed by atoms with Gasteiger partial charge in [-0.3, -0.25) is 0 Å². The Labute approximate surface area is 195 Å². The van der Waals surface area contributed by atoms with Crippen LogP contribution in [0.2, 0.25) is 0 Å². The third-order valence-corrected chi connectivity index (χ3v) is 4.90. The number of benzene rings is 3. The molecular weight excluding hydrogens is 447 g/mol. The highest BCUT2D eigenvalue weighted by Crippen LogP contribution is 2.22. The Hall–Kier alpha value is -3.77. The van der Waals surface area contributed by atoms with Gasteiger partial charge in [0.1, 0.15) is 11.3 Å². The number of hydrogen-bond acceptors (Lipinski definition) is 1. The first kappa shape index (κ1) is 24.9. The zero-order valence-corrected chi connectivity index (χ0v) is 18.5. The summed E-state index contributed by atoms with van der Waals surface area (Å²) in [6.07, 6.45) is 4.57. The highest BCUT2D eigenvalue weighted by molar-refractivity contribution is 5.49. The molecule has 0 aliphatic rings. The third kappa shape index (κ3) is 6.39. The first-order valence-electron chi connectivity index (χ1n) is 10.8. The topological polar surface area (TPSA) is 9.23 Å². The predicted molar refractivity (Wildman–Crippen MR) is 121 cm³/mol. The minimum absolute atomic E-state index is 0.329. The van der Waals surface area contributed by atoms with Gasteiger partial charge in [0.15, 0.2) is 23.3 Å². The summed E-state index contributed by atoms with van der Waals surface area (Å²) >= 11 is 0. The van der Waals surface area contributed by atoms with Crippen molar-refractivity contribution in [1.29, 1.82) is 0 Å². The third-order valence-electron chi connectivity index (χ3n) is 4.90. The fourth-order valence-electron chi connectivity index (χ4n) is 2.98. The van der Waals surface area contributed by atoms with Crippen molar-refractivity contribution in [3.63, 3.8) is 0 Å². The molecule has 0 atom stereocenters. The Balaban J connectivity index is 1.64. The van der Waals surface area contributed by atoms with Gasteiger partial charge in [0, 0.05) is 16.7 Å². The monoisotopic (exact) mass is 468 g/mol. The van der Waals surface area contributed by atoms with Gasteiger partial charge in [-0.25, -0.2) is 22.0 Å². The minimum atomic E-state index is -2.21. The summed E-state index contributed by atoms with van der Waals surface area (Å²) in [5.41, 5.74) is 0.620. The minimum Gasteiger partial charge on any atom is -0.494 e. The Bertz CT molecular complexity index is 1230. The molecule has 0 heterocycles. The number of ether oxygens (including phenoxy) is 1. The van der Waals surface area contributed by atoms with Gasteiger partial charge in [0.05, 0.1) is 6.61 Å². The maximum absolute atomic E-state index is 13.7. The van der Waals surface area contributed by atoms with Crippen LogP contribution in [0.25, 0.3) is 0 Å². The van der Waals surface area contributed by atoms with Gasteiger partial charge >= 0.3 is 0 Å². The smallest absolute Gasteiger partial charge is 0.200 e. The van der Waals surface area contributed by atoms with Crippen molar-refractivity contribution < 1.29 is 26.7 Å². The standard InChI is InChI=1S/C28H21F5O/c1-2-3-4-5-18-34-22-15-12-21(13-16-22)11-8-19-6-9-20(10-7-19)14-17-23-24(29)26(31)28(33)27(32)25(23)30/h6-7,9-10,12-13,15-16H,2-5,18H2,1H3. The van der Waals surface area contributed by atoms with Crippen molar-refractivity contribution in [2.75, 3.05) is 6.61 Å². The molecule has 0 aromatic heterocycles. The van der Waals surface area contributed by atoms with Gasteiger partial charge in [-0.05, 0) is 55.0 Å². The summed E-state index contributed by atoms with van der Waals surface area (Å²) in [6, 6.07) is 13.8. The molecule has 0 N–H and O–H groups in total. The normalized spacial score (nSPS) is 10.2. The molecule has 0 unspecified atom stereocenters. The fraction of sp³-hybridized carbons (Fsp3) is 0.214. The Morgan fingerprint density at radius 1 is 0.559 bits per heavy atom. The van der Waals surface area contributed by atoms with Crippen molar-refractivity contribution in [1.82, 2.24) is 0 Å². The van der Waals surface area contributed by atoms with Crippen LogP contribution in [-0.4, -0.2) is 6.61 Å². The van der Waals surface area contributed by atoms with E-state index in [1.54, 1.807) is 24.3 Å². The van der Waals surface area contributed by atoms with Crippen molar-refractivity contribution in [2.24, 2.45) is 0 Å². The number of hydrogen-bond donors (Lipinski definition) is 0. The molecule has 174 valence electrons. The molecule has 0 bridgehead atoms. The van der Waals surface area contributed by atoms with E-state index in [4.69, 9.17) is 4.74 Å². The van der Waals surface area contributed by atoms with E-state index in [2.05, 4.69) is 24.7 Å². The molecule has 0 saturated heterocycles. The highest BCUT2D eigenvalue weighted by atomic mass is 19.2. The zero-order chi connectivity index (χ0) is 24.5. The molecular formula is C28H21F5O. The van der Waals surface area contributed by atoms with E-state index >= 15 is 0 Å². The summed E-state index contributed by atoms with van der Waals surface area (Å²) < 4.78 is 72.8. The molecule has 34 heavy (non-hydrogen) atoms. The molecule has 6 heteroatoms. The van der Waals surface area contributed by atoms with Crippen molar-refractivity contribution >= 4 is 0 Å². The summed E-state index contributed by atoms with van der Waals surface area (Å²) in [6.45, 7) is 2.85. The van der Waals surface area contributed by atoms with Crippen LogP contribution in [0.5, 0.6) is 5.75 Å². The van der Waals surface area contributed by atoms with Crippen LogP contribution in [0.15, 0.2) is 48.5 Å². The second-order valence-electron chi connectivity index (χ2n) is 7.46. The second-order valence-corrected chi connectivity index (χ2v) is 7.46. The first-order valence-corrected chi connectivity index (χ1v) is 10.8. The molecule has 0 spiro atoms. The van der Waals surface area contributed by atoms with Crippen LogP contribution in [0.3, 0.4) is 0 Å². The van der Waals surface area contributed by atoms with Crippen LogP contribution in [0.4, 0.5) is 22.0 Å². The lowest BCUT2D eigenvalue weighted by molar-refractivity contribution is 0.305. The summed E-state index contributed by atoms with van der Waals surface area (Å²) in [7, 11) is 0. The SMILES string of the molecule is CCCCCCOc1ccc(C#Cc2ccc(C#Cc3c(F)c(F)c(F)c(F)c3F)cc2)cc1. The molecule has 3 aromatic carbocycles.